The standard InChI is InChI=1S/C9H8ClN5O3/c1-5(16)13(10)6-3-2-4-7-8(6)14(17)9(11)12-15(7)18/h2-4H,1H3,(H2,11,12). The normalized spacial score (nSPS) is 10.6. The van der Waals surface area contributed by atoms with Crippen LogP contribution in [0, 0.1) is 10.4 Å². The maximum atomic E-state index is 11.8. The number of hydrogen-bond acceptors (Lipinski definition) is 5. The molecule has 0 unspecified atom stereocenters. The predicted octanol–water partition coefficient (Wildman–Crippen LogP) is -0.409. The van der Waals surface area contributed by atoms with Crippen molar-refractivity contribution in [2.75, 3.05) is 10.2 Å². The minimum atomic E-state index is -0.529. The van der Waals surface area contributed by atoms with Crippen molar-refractivity contribution in [3.63, 3.8) is 0 Å². The molecule has 1 aromatic carbocycles. The van der Waals surface area contributed by atoms with E-state index in [1.807, 2.05) is 0 Å². The van der Waals surface area contributed by atoms with E-state index in [0.717, 1.165) is 4.42 Å². The van der Waals surface area contributed by atoms with E-state index < -0.39 is 11.9 Å². The number of fused-ring (bicyclic) bond motifs is 1. The van der Waals surface area contributed by atoms with Gasteiger partial charge in [-0.3, -0.25) is 10.5 Å². The van der Waals surface area contributed by atoms with Crippen molar-refractivity contribution in [3.8, 4) is 0 Å². The van der Waals surface area contributed by atoms with E-state index in [1.165, 1.54) is 25.1 Å². The number of carbonyl (C=O) groups excluding carboxylic acids is 1. The fraction of sp³-hybridized carbons (Fsp3) is 0.111. The summed E-state index contributed by atoms with van der Waals surface area (Å²) in [6, 6.07) is 4.27. The van der Waals surface area contributed by atoms with Gasteiger partial charge >= 0.3 is 11.5 Å². The van der Waals surface area contributed by atoms with Crippen LogP contribution in [0.4, 0.5) is 11.6 Å². The lowest BCUT2D eigenvalue weighted by Crippen LogP contribution is -2.44. The molecule has 2 aromatic rings. The van der Waals surface area contributed by atoms with Gasteiger partial charge in [0.15, 0.2) is 0 Å². The van der Waals surface area contributed by atoms with Gasteiger partial charge in [0.25, 0.3) is 0 Å². The third-order valence-electron chi connectivity index (χ3n) is 2.29. The molecule has 1 amide bonds. The number of para-hydroxylation sites is 1. The molecule has 0 radical (unpaired) electrons. The van der Waals surface area contributed by atoms with Gasteiger partial charge < -0.3 is 10.4 Å². The molecule has 0 fully saturated rings. The number of nitrogens with two attached hydrogens (primary N) is 1. The van der Waals surface area contributed by atoms with Crippen LogP contribution in [-0.2, 0) is 4.79 Å². The second-order valence-electron chi connectivity index (χ2n) is 3.47. The lowest BCUT2D eigenvalue weighted by Gasteiger charge is -2.15. The molecular formula is C9H8ClN5O3. The van der Waals surface area contributed by atoms with Crippen molar-refractivity contribution < 1.29 is 14.4 Å². The van der Waals surface area contributed by atoms with Crippen LogP contribution in [0.3, 0.4) is 0 Å². The Hall–Kier alpha value is -2.35. The van der Waals surface area contributed by atoms with E-state index in [2.05, 4.69) is 5.10 Å². The fourth-order valence-electron chi connectivity index (χ4n) is 1.51. The van der Waals surface area contributed by atoms with Crippen molar-refractivity contribution in [1.29, 1.82) is 0 Å². The third kappa shape index (κ3) is 1.72. The van der Waals surface area contributed by atoms with Gasteiger partial charge in [-0.2, -0.15) is 0 Å². The summed E-state index contributed by atoms with van der Waals surface area (Å²) in [5.41, 5.74) is 5.21. The molecule has 2 rings (SSSR count). The van der Waals surface area contributed by atoms with Crippen LogP contribution in [-0.4, -0.2) is 11.0 Å². The summed E-state index contributed by atoms with van der Waals surface area (Å²) in [5.74, 6) is -1.03. The maximum absolute atomic E-state index is 11.8. The number of nitrogen functional groups attached to an aromatic ring is 1. The minimum absolute atomic E-state index is 0.0383. The topological polar surface area (TPSA) is 113 Å². The van der Waals surface area contributed by atoms with Crippen LogP contribution >= 0.6 is 11.8 Å². The number of rotatable bonds is 1. The Kier molecular flexibility index (Phi) is 2.79. The number of carbonyl (C=O) groups is 1. The second-order valence-corrected chi connectivity index (χ2v) is 3.81. The van der Waals surface area contributed by atoms with Crippen LogP contribution < -0.4 is 19.7 Å². The quantitative estimate of drug-likeness (QED) is 0.429. The summed E-state index contributed by atoms with van der Waals surface area (Å²) in [6.07, 6.45) is 0. The molecule has 0 saturated heterocycles. The molecule has 0 aliphatic carbocycles. The first-order valence-electron chi connectivity index (χ1n) is 4.81. The molecule has 0 aliphatic rings. The van der Waals surface area contributed by atoms with Crippen LogP contribution in [0.1, 0.15) is 6.92 Å². The molecular weight excluding hydrogens is 262 g/mol. The number of anilines is 2. The Morgan fingerprint density at radius 3 is 2.78 bits per heavy atom. The van der Waals surface area contributed by atoms with Crippen molar-refractivity contribution in [2.45, 2.75) is 6.92 Å². The summed E-state index contributed by atoms with van der Waals surface area (Å²) in [5, 5.41) is 26.6. The SMILES string of the molecule is CC(=O)N(Cl)c1cccc2c1[n+]([O-])c(N)n[n+]2[O-]. The van der Waals surface area contributed by atoms with E-state index in [4.69, 9.17) is 17.5 Å². The van der Waals surface area contributed by atoms with Gasteiger partial charge in [0.05, 0.1) is 0 Å². The van der Waals surface area contributed by atoms with Gasteiger partial charge in [-0.1, -0.05) is 6.07 Å². The van der Waals surface area contributed by atoms with Crippen molar-refractivity contribution in [3.05, 3.63) is 28.6 Å². The van der Waals surface area contributed by atoms with E-state index in [1.54, 1.807) is 0 Å². The number of halogens is 1. The molecule has 8 nitrogen and oxygen atoms in total. The highest BCUT2D eigenvalue weighted by Crippen LogP contribution is 2.23. The molecule has 1 aromatic heterocycles. The molecule has 18 heavy (non-hydrogen) atoms. The average molecular weight is 270 g/mol. The zero-order valence-electron chi connectivity index (χ0n) is 9.20. The van der Waals surface area contributed by atoms with Crippen molar-refractivity contribution in [1.82, 2.24) is 5.10 Å². The van der Waals surface area contributed by atoms with Gasteiger partial charge in [0.1, 0.15) is 5.69 Å². The Morgan fingerprint density at radius 1 is 1.50 bits per heavy atom. The number of amides is 1. The number of aromatic nitrogens is 3. The first-order chi connectivity index (χ1) is 8.43. The largest absolute Gasteiger partial charge is 0.739 e. The Balaban J connectivity index is 2.87. The van der Waals surface area contributed by atoms with Crippen LogP contribution in [0.2, 0.25) is 0 Å². The molecule has 0 atom stereocenters. The maximum Gasteiger partial charge on any atom is 0.458 e. The molecule has 0 bridgehead atoms. The van der Waals surface area contributed by atoms with Crippen molar-refractivity contribution in [2.24, 2.45) is 0 Å². The van der Waals surface area contributed by atoms with E-state index in [9.17, 15) is 15.2 Å². The summed E-state index contributed by atoms with van der Waals surface area (Å²) < 4.78 is 0.980. The van der Waals surface area contributed by atoms with Gasteiger partial charge in [-0.05, 0) is 6.07 Å². The van der Waals surface area contributed by atoms with Gasteiger partial charge in [-0.25, -0.2) is 9.15 Å². The highest BCUT2D eigenvalue weighted by molar-refractivity contribution is 6.37. The van der Waals surface area contributed by atoms with Gasteiger partial charge in [0.2, 0.25) is 16.5 Å². The molecule has 0 saturated carbocycles. The lowest BCUT2D eigenvalue weighted by molar-refractivity contribution is -0.671. The Bertz CT molecular complexity index is 648. The van der Waals surface area contributed by atoms with Gasteiger partial charge in [0, 0.05) is 29.6 Å². The Labute approximate surface area is 106 Å². The molecule has 0 spiro atoms. The van der Waals surface area contributed by atoms with Crippen LogP contribution in [0.25, 0.3) is 11.0 Å². The summed E-state index contributed by atoms with van der Waals surface area (Å²) in [6.45, 7) is 1.22. The number of benzene rings is 1. The van der Waals surface area contributed by atoms with E-state index in [-0.39, 0.29) is 26.3 Å². The summed E-state index contributed by atoms with van der Waals surface area (Å²) in [4.78, 5) is 11.4. The average Bonchev–Trinajstić information content (AvgIpc) is 2.34. The first-order valence-corrected chi connectivity index (χ1v) is 5.15. The fourth-order valence-corrected chi connectivity index (χ4v) is 1.65. The monoisotopic (exact) mass is 269 g/mol. The van der Waals surface area contributed by atoms with Gasteiger partial charge in [-0.15, -0.1) is 0 Å². The Morgan fingerprint density at radius 2 is 2.17 bits per heavy atom. The highest BCUT2D eigenvalue weighted by Gasteiger charge is 2.23. The van der Waals surface area contributed by atoms with Crippen molar-refractivity contribution >= 4 is 40.4 Å². The minimum Gasteiger partial charge on any atom is -0.739 e. The highest BCUT2D eigenvalue weighted by atomic mass is 35.5. The number of nitrogens with zero attached hydrogens (tertiary/aromatic N) is 4. The molecule has 94 valence electrons. The predicted molar refractivity (Wildman–Crippen MR) is 63.1 cm³/mol. The molecule has 2 N–H and O–H groups in total. The first kappa shape index (κ1) is 12.1. The summed E-state index contributed by atoms with van der Waals surface area (Å²) in [7, 11) is 0. The zero-order valence-corrected chi connectivity index (χ0v) is 9.96. The van der Waals surface area contributed by atoms with Crippen LogP contribution in [0.5, 0.6) is 0 Å². The number of hydrogen-bond donors (Lipinski definition) is 1. The van der Waals surface area contributed by atoms with Crippen LogP contribution in [0.15, 0.2) is 18.2 Å². The third-order valence-corrected chi connectivity index (χ3v) is 2.71. The molecule has 9 heteroatoms. The lowest BCUT2D eigenvalue weighted by atomic mass is 10.2. The molecule has 0 aliphatic heterocycles. The van der Waals surface area contributed by atoms with E-state index >= 15 is 0 Å². The summed E-state index contributed by atoms with van der Waals surface area (Å²) >= 11 is 5.76. The van der Waals surface area contributed by atoms with E-state index in [0.29, 0.717) is 0 Å². The second kappa shape index (κ2) is 4.15. The smallest absolute Gasteiger partial charge is 0.458 e. The zero-order chi connectivity index (χ0) is 13.4. The molecule has 1 heterocycles.